The van der Waals surface area contributed by atoms with Gasteiger partial charge in [0.15, 0.2) is 9.84 Å². The number of aryl methyl sites for hydroxylation is 2. The van der Waals surface area contributed by atoms with Crippen molar-refractivity contribution in [2.75, 3.05) is 16.8 Å². The number of rotatable bonds is 5. The first-order valence-electron chi connectivity index (χ1n) is 8.98. The van der Waals surface area contributed by atoms with Crippen molar-refractivity contribution in [2.45, 2.75) is 36.6 Å². The van der Waals surface area contributed by atoms with Gasteiger partial charge in [-0.1, -0.05) is 0 Å². The minimum absolute atomic E-state index is 0.00267. The number of thiophene rings is 1. The van der Waals surface area contributed by atoms with Gasteiger partial charge in [-0.3, -0.25) is 4.79 Å². The fourth-order valence-corrected chi connectivity index (χ4v) is 7.72. The Kier molecular flexibility index (Phi) is 5.07. The van der Waals surface area contributed by atoms with Crippen LogP contribution in [0.3, 0.4) is 0 Å². The van der Waals surface area contributed by atoms with Crippen LogP contribution in [0.4, 0.5) is 5.69 Å². The molecule has 28 heavy (non-hydrogen) atoms. The first kappa shape index (κ1) is 19.6. The number of benzene rings is 1. The molecule has 1 atom stereocenters. The zero-order chi connectivity index (χ0) is 19.9. The number of nitrogens with one attached hydrogen (secondary N) is 2. The summed E-state index contributed by atoms with van der Waals surface area (Å²) in [6, 6.07) is 7.18. The number of amides is 1. The topological polar surface area (TPSA) is 109 Å². The van der Waals surface area contributed by atoms with Gasteiger partial charge in [0.1, 0.15) is 0 Å². The molecule has 7 nitrogen and oxygen atoms in total. The van der Waals surface area contributed by atoms with E-state index in [0.717, 1.165) is 19.3 Å². The van der Waals surface area contributed by atoms with Crippen LogP contribution in [0.15, 0.2) is 35.2 Å². The van der Waals surface area contributed by atoms with E-state index in [1.807, 2.05) is 6.07 Å². The highest BCUT2D eigenvalue weighted by Gasteiger charge is 2.31. The molecule has 0 spiro atoms. The largest absolute Gasteiger partial charge is 0.321 e. The zero-order valence-corrected chi connectivity index (χ0v) is 17.4. The highest BCUT2D eigenvalue weighted by atomic mass is 32.2. The molecule has 2 aromatic rings. The summed E-state index contributed by atoms with van der Waals surface area (Å²) in [5.74, 6) is -0.382. The van der Waals surface area contributed by atoms with Crippen molar-refractivity contribution in [3.8, 4) is 0 Å². The molecule has 4 rings (SSSR count). The number of sulfonamides is 1. The van der Waals surface area contributed by atoms with Crippen LogP contribution >= 0.6 is 11.3 Å². The first-order chi connectivity index (χ1) is 13.2. The number of carbonyl (C=O) groups excluding carboxylic acids is 1. The molecule has 1 unspecified atom stereocenters. The molecule has 0 bridgehead atoms. The van der Waals surface area contributed by atoms with Crippen LogP contribution in [-0.4, -0.2) is 40.3 Å². The normalized spacial score (nSPS) is 20.8. The fourth-order valence-electron chi connectivity index (χ4n) is 3.53. The average molecular weight is 441 g/mol. The van der Waals surface area contributed by atoms with Crippen molar-refractivity contribution in [3.05, 3.63) is 45.6 Å². The standard InChI is InChI=1S/C18H20N2O5S3/c21-18(17-10-12-2-1-3-16(12)26-17)19-13-4-6-15(7-5-13)28(24,25)20-14-8-9-27(22,23)11-14/h4-7,10,14,20H,1-3,8-9,11H2,(H,19,21). The molecule has 1 aromatic heterocycles. The van der Waals surface area contributed by atoms with Crippen LogP contribution in [0.25, 0.3) is 0 Å². The summed E-state index contributed by atoms with van der Waals surface area (Å²) in [5.41, 5.74) is 1.75. The highest BCUT2D eigenvalue weighted by molar-refractivity contribution is 7.92. The molecule has 0 radical (unpaired) electrons. The van der Waals surface area contributed by atoms with E-state index in [-0.39, 0.29) is 28.7 Å². The number of carbonyl (C=O) groups is 1. The van der Waals surface area contributed by atoms with E-state index in [1.54, 1.807) is 0 Å². The molecule has 1 fully saturated rings. The van der Waals surface area contributed by atoms with E-state index < -0.39 is 25.9 Å². The number of anilines is 1. The number of hydrogen-bond donors (Lipinski definition) is 2. The minimum atomic E-state index is -3.81. The summed E-state index contributed by atoms with van der Waals surface area (Å²) in [6.45, 7) is 0. The van der Waals surface area contributed by atoms with Gasteiger partial charge in [-0.2, -0.15) is 0 Å². The average Bonchev–Trinajstić information content (AvgIpc) is 3.29. The zero-order valence-electron chi connectivity index (χ0n) is 15.0. The van der Waals surface area contributed by atoms with Crippen LogP contribution in [0.1, 0.15) is 33.0 Å². The second-order valence-corrected chi connectivity index (χ2v) is 12.2. The van der Waals surface area contributed by atoms with Gasteiger partial charge in [-0.05, 0) is 61.6 Å². The molecule has 1 aliphatic heterocycles. The van der Waals surface area contributed by atoms with E-state index in [2.05, 4.69) is 10.0 Å². The first-order valence-corrected chi connectivity index (χ1v) is 13.1. The third-order valence-electron chi connectivity index (χ3n) is 4.95. The Bertz CT molecular complexity index is 1100. The van der Waals surface area contributed by atoms with Crippen molar-refractivity contribution in [1.29, 1.82) is 0 Å². The summed E-state index contributed by atoms with van der Waals surface area (Å²) in [7, 11) is -6.98. The van der Waals surface area contributed by atoms with E-state index in [9.17, 15) is 21.6 Å². The lowest BCUT2D eigenvalue weighted by atomic mass is 10.2. The smallest absolute Gasteiger partial charge is 0.265 e. The third kappa shape index (κ3) is 4.14. The predicted octanol–water partition coefficient (Wildman–Crippen LogP) is 1.95. The Labute approximate surface area is 168 Å². The minimum Gasteiger partial charge on any atom is -0.321 e. The van der Waals surface area contributed by atoms with Crippen molar-refractivity contribution >= 4 is 42.8 Å². The molecule has 10 heteroatoms. The summed E-state index contributed by atoms with van der Waals surface area (Å²) < 4.78 is 50.3. The maximum absolute atomic E-state index is 12.4. The number of sulfone groups is 1. The summed E-state index contributed by atoms with van der Waals surface area (Å²) in [5, 5.41) is 2.79. The lowest BCUT2D eigenvalue weighted by Gasteiger charge is -2.12. The molecule has 150 valence electrons. The molecule has 1 aromatic carbocycles. The van der Waals surface area contributed by atoms with E-state index >= 15 is 0 Å². The summed E-state index contributed by atoms with van der Waals surface area (Å²) in [6.07, 6.45) is 3.45. The predicted molar refractivity (Wildman–Crippen MR) is 108 cm³/mol. The van der Waals surface area contributed by atoms with Crippen LogP contribution in [0.2, 0.25) is 0 Å². The molecule has 2 aliphatic rings. The Morgan fingerprint density at radius 3 is 2.54 bits per heavy atom. The molecule has 1 aliphatic carbocycles. The summed E-state index contributed by atoms with van der Waals surface area (Å²) >= 11 is 1.51. The highest BCUT2D eigenvalue weighted by Crippen LogP contribution is 2.31. The van der Waals surface area contributed by atoms with E-state index in [1.165, 1.54) is 46.0 Å². The van der Waals surface area contributed by atoms with Crippen molar-refractivity contribution in [1.82, 2.24) is 4.72 Å². The third-order valence-corrected chi connectivity index (χ3v) is 9.49. The second-order valence-electron chi connectivity index (χ2n) is 7.11. The Hall–Kier alpha value is -1.75. The van der Waals surface area contributed by atoms with Crippen molar-refractivity contribution < 1.29 is 21.6 Å². The molecule has 2 heterocycles. The van der Waals surface area contributed by atoms with Gasteiger partial charge in [0.05, 0.1) is 21.3 Å². The van der Waals surface area contributed by atoms with Gasteiger partial charge in [-0.15, -0.1) is 11.3 Å². The quantitative estimate of drug-likeness (QED) is 0.739. The Balaban J connectivity index is 1.42. The van der Waals surface area contributed by atoms with Crippen molar-refractivity contribution in [2.24, 2.45) is 0 Å². The summed E-state index contributed by atoms with van der Waals surface area (Å²) in [4.78, 5) is 14.4. The SMILES string of the molecule is O=C(Nc1ccc(S(=O)(=O)NC2CCS(=O)(=O)C2)cc1)c1cc2c(s1)CCC2. The van der Waals surface area contributed by atoms with E-state index in [0.29, 0.717) is 10.6 Å². The molecular weight excluding hydrogens is 420 g/mol. The lowest BCUT2D eigenvalue weighted by Crippen LogP contribution is -2.35. The number of fused-ring (bicyclic) bond motifs is 1. The van der Waals surface area contributed by atoms with Crippen LogP contribution in [0, 0.1) is 0 Å². The molecule has 2 N–H and O–H groups in total. The fraction of sp³-hybridized carbons (Fsp3) is 0.389. The van der Waals surface area contributed by atoms with Gasteiger partial charge in [-0.25, -0.2) is 21.6 Å². The lowest BCUT2D eigenvalue weighted by molar-refractivity contribution is 0.103. The van der Waals surface area contributed by atoms with Gasteiger partial charge >= 0.3 is 0 Å². The Morgan fingerprint density at radius 1 is 1.14 bits per heavy atom. The van der Waals surface area contributed by atoms with Crippen LogP contribution < -0.4 is 10.0 Å². The monoisotopic (exact) mass is 440 g/mol. The van der Waals surface area contributed by atoms with Gasteiger partial charge in [0, 0.05) is 16.6 Å². The molecular formula is C18H20N2O5S3. The maximum Gasteiger partial charge on any atom is 0.265 e. The van der Waals surface area contributed by atoms with Gasteiger partial charge < -0.3 is 5.32 Å². The van der Waals surface area contributed by atoms with E-state index in [4.69, 9.17) is 0 Å². The Morgan fingerprint density at radius 2 is 1.89 bits per heavy atom. The van der Waals surface area contributed by atoms with Crippen LogP contribution in [-0.2, 0) is 32.7 Å². The van der Waals surface area contributed by atoms with Crippen LogP contribution in [0.5, 0.6) is 0 Å². The molecule has 0 saturated carbocycles. The number of hydrogen-bond acceptors (Lipinski definition) is 6. The van der Waals surface area contributed by atoms with Crippen molar-refractivity contribution in [3.63, 3.8) is 0 Å². The van der Waals surface area contributed by atoms with Gasteiger partial charge in [0.25, 0.3) is 5.91 Å². The van der Waals surface area contributed by atoms with Gasteiger partial charge in [0.2, 0.25) is 10.0 Å². The molecule has 1 amide bonds. The maximum atomic E-state index is 12.4. The molecule has 1 saturated heterocycles. The second kappa shape index (κ2) is 7.25.